The smallest absolute Gasteiger partial charge is 0.278 e. The van der Waals surface area contributed by atoms with Gasteiger partial charge in [-0.3, -0.25) is 20.2 Å². The molecule has 0 aliphatic carbocycles. The van der Waals surface area contributed by atoms with E-state index in [-0.39, 0.29) is 11.4 Å². The molecule has 2 aromatic rings. The summed E-state index contributed by atoms with van der Waals surface area (Å²) in [5.74, 6) is 0. The summed E-state index contributed by atoms with van der Waals surface area (Å²) in [7, 11) is 0. The summed E-state index contributed by atoms with van der Waals surface area (Å²) in [6.07, 6.45) is 3.86. The van der Waals surface area contributed by atoms with Gasteiger partial charge >= 0.3 is 0 Å². The molecule has 0 bridgehead atoms. The molecule has 146 valence electrons. The van der Waals surface area contributed by atoms with Gasteiger partial charge in [-0.1, -0.05) is 34.6 Å². The van der Waals surface area contributed by atoms with Crippen LogP contribution >= 0.6 is 0 Å². The number of benzene rings is 2. The molecule has 0 saturated carbocycles. The van der Waals surface area contributed by atoms with E-state index in [1.165, 1.54) is 24.6 Å². The number of nitrogens with zero attached hydrogens (tertiary/aromatic N) is 4. The number of hydrogen-bond acceptors (Lipinski definition) is 8. The molecule has 0 N–H and O–H groups in total. The molecule has 0 heterocycles. The largest absolute Gasteiger partial charge is 0.396 e. The molecule has 0 aliphatic heterocycles. The van der Waals surface area contributed by atoms with E-state index in [0.29, 0.717) is 37.2 Å². The summed E-state index contributed by atoms with van der Waals surface area (Å²) in [5, 5.41) is 29.2. The summed E-state index contributed by atoms with van der Waals surface area (Å²) in [6.45, 7) is 0.628. The lowest BCUT2D eigenvalue weighted by Crippen LogP contribution is -1.97. The normalized spacial score (nSPS) is 11.0. The van der Waals surface area contributed by atoms with Crippen molar-refractivity contribution in [3.05, 3.63) is 79.9 Å². The fourth-order valence-corrected chi connectivity index (χ4v) is 2.15. The van der Waals surface area contributed by atoms with Gasteiger partial charge in [-0.05, 0) is 25.0 Å². The molecule has 0 atom stereocenters. The van der Waals surface area contributed by atoms with Crippen molar-refractivity contribution in [2.24, 2.45) is 10.3 Å². The third kappa shape index (κ3) is 6.48. The summed E-state index contributed by atoms with van der Waals surface area (Å²) in [5.41, 5.74) is 0.639. The van der Waals surface area contributed by atoms with Gasteiger partial charge in [0.2, 0.25) is 0 Å². The van der Waals surface area contributed by atoms with Crippen LogP contribution in [0.5, 0.6) is 0 Å². The Bertz CT molecular complexity index is 797. The first-order chi connectivity index (χ1) is 13.6. The zero-order valence-corrected chi connectivity index (χ0v) is 14.8. The first-order valence-corrected chi connectivity index (χ1v) is 8.37. The van der Waals surface area contributed by atoms with Crippen LogP contribution in [0.15, 0.2) is 58.8 Å². The predicted octanol–water partition coefficient (Wildman–Crippen LogP) is 3.68. The molecule has 2 rings (SSSR count). The highest BCUT2D eigenvalue weighted by molar-refractivity contribution is 5.85. The first kappa shape index (κ1) is 20.5. The van der Waals surface area contributed by atoms with Crippen LogP contribution < -0.4 is 0 Å². The van der Waals surface area contributed by atoms with Gasteiger partial charge in [0.1, 0.15) is 13.2 Å². The van der Waals surface area contributed by atoms with Crippen LogP contribution in [-0.2, 0) is 9.68 Å². The van der Waals surface area contributed by atoms with Gasteiger partial charge in [-0.25, -0.2) is 0 Å². The van der Waals surface area contributed by atoms with Crippen LogP contribution in [0, 0.1) is 20.2 Å². The van der Waals surface area contributed by atoms with Gasteiger partial charge in [0.25, 0.3) is 11.4 Å². The van der Waals surface area contributed by atoms with Gasteiger partial charge in [-0.15, -0.1) is 0 Å². The minimum absolute atomic E-state index is 0.0419. The quantitative estimate of drug-likeness (QED) is 0.251. The molecular formula is C18H18N4O6. The highest BCUT2D eigenvalue weighted by Gasteiger charge is 2.10. The third-order valence-corrected chi connectivity index (χ3v) is 3.52. The van der Waals surface area contributed by atoms with Crippen LogP contribution in [0.1, 0.15) is 24.0 Å². The first-order valence-electron chi connectivity index (χ1n) is 8.37. The van der Waals surface area contributed by atoms with E-state index in [9.17, 15) is 20.2 Å². The maximum Gasteiger partial charge on any atom is 0.278 e. The van der Waals surface area contributed by atoms with Crippen molar-refractivity contribution in [2.45, 2.75) is 12.8 Å². The minimum atomic E-state index is -0.483. The standard InChI is InChI=1S/C18H18N4O6/c23-21(24)17-9-3-1-7-15(17)13-19-27-11-5-6-12-28-20-14-16-8-2-4-10-18(16)22(25)26/h1-4,7-10,13-14H,5-6,11-12H2/b19-13+,20-14+. The number of nitro groups is 2. The third-order valence-electron chi connectivity index (χ3n) is 3.52. The molecule has 10 heteroatoms. The number of oxime groups is 2. The Labute approximate surface area is 160 Å². The minimum Gasteiger partial charge on any atom is -0.396 e. The summed E-state index contributed by atoms with van der Waals surface area (Å²) in [6, 6.07) is 12.4. The number of para-hydroxylation sites is 2. The van der Waals surface area contributed by atoms with Crippen LogP contribution in [0.25, 0.3) is 0 Å². The Balaban J connectivity index is 1.64. The highest BCUT2D eigenvalue weighted by Crippen LogP contribution is 2.16. The number of rotatable bonds is 11. The summed E-state index contributed by atoms with van der Waals surface area (Å²) < 4.78 is 0. The van der Waals surface area contributed by atoms with Gasteiger partial charge in [0.05, 0.1) is 33.4 Å². The van der Waals surface area contributed by atoms with Gasteiger partial charge in [0, 0.05) is 12.1 Å². The number of nitro benzene ring substituents is 2. The van der Waals surface area contributed by atoms with Gasteiger partial charge in [0.15, 0.2) is 0 Å². The fourth-order valence-electron chi connectivity index (χ4n) is 2.15. The van der Waals surface area contributed by atoms with Crippen molar-refractivity contribution >= 4 is 23.8 Å². The van der Waals surface area contributed by atoms with E-state index in [1.807, 2.05) is 0 Å². The van der Waals surface area contributed by atoms with Gasteiger partial charge in [-0.2, -0.15) is 0 Å². The molecule has 0 aliphatic rings. The van der Waals surface area contributed by atoms with Crippen molar-refractivity contribution in [3.63, 3.8) is 0 Å². The Morgan fingerprint density at radius 2 is 1.14 bits per heavy atom. The predicted molar refractivity (Wildman–Crippen MR) is 103 cm³/mol. The molecule has 10 nitrogen and oxygen atoms in total. The molecule has 0 aromatic heterocycles. The summed E-state index contributed by atoms with van der Waals surface area (Å²) >= 11 is 0. The lowest BCUT2D eigenvalue weighted by atomic mass is 10.2. The van der Waals surface area contributed by atoms with Crippen LogP contribution in [0.2, 0.25) is 0 Å². The average molecular weight is 386 g/mol. The van der Waals surface area contributed by atoms with Crippen LogP contribution in [0.3, 0.4) is 0 Å². The second-order valence-electron chi connectivity index (χ2n) is 5.47. The topological polar surface area (TPSA) is 129 Å². The maximum absolute atomic E-state index is 10.9. The Morgan fingerprint density at radius 3 is 1.54 bits per heavy atom. The molecule has 2 aromatic carbocycles. The van der Waals surface area contributed by atoms with Crippen LogP contribution in [0.4, 0.5) is 11.4 Å². The van der Waals surface area contributed by atoms with E-state index in [1.54, 1.807) is 36.4 Å². The van der Waals surface area contributed by atoms with E-state index in [0.717, 1.165) is 0 Å². The van der Waals surface area contributed by atoms with Crippen molar-refractivity contribution in [3.8, 4) is 0 Å². The number of unbranched alkanes of at least 4 members (excludes halogenated alkanes) is 1. The lowest BCUT2D eigenvalue weighted by Gasteiger charge is -2.00. The molecule has 0 saturated heterocycles. The van der Waals surface area contributed by atoms with E-state index < -0.39 is 9.85 Å². The van der Waals surface area contributed by atoms with Crippen molar-refractivity contribution in [2.75, 3.05) is 13.2 Å². The average Bonchev–Trinajstić information content (AvgIpc) is 2.69. The Hall–Kier alpha value is -3.82. The molecule has 0 unspecified atom stereocenters. The van der Waals surface area contributed by atoms with Crippen molar-refractivity contribution < 1.29 is 19.5 Å². The number of hydrogen-bond donors (Lipinski definition) is 0. The van der Waals surface area contributed by atoms with Crippen molar-refractivity contribution in [1.82, 2.24) is 0 Å². The molecular weight excluding hydrogens is 368 g/mol. The molecule has 0 amide bonds. The highest BCUT2D eigenvalue weighted by atomic mass is 16.6. The molecule has 0 spiro atoms. The second-order valence-corrected chi connectivity index (χ2v) is 5.47. The molecule has 0 fully saturated rings. The molecule has 0 radical (unpaired) electrons. The zero-order chi connectivity index (χ0) is 20.2. The zero-order valence-electron chi connectivity index (χ0n) is 14.8. The second kappa shape index (κ2) is 11.0. The van der Waals surface area contributed by atoms with Crippen LogP contribution in [-0.4, -0.2) is 35.5 Å². The van der Waals surface area contributed by atoms with Gasteiger partial charge < -0.3 is 9.68 Å². The van der Waals surface area contributed by atoms with E-state index in [2.05, 4.69) is 10.3 Å². The van der Waals surface area contributed by atoms with E-state index >= 15 is 0 Å². The SMILES string of the molecule is O=[N+]([O-])c1ccccc1/C=N/OCCCCO/N=C/c1ccccc1[N+](=O)[O-]. The maximum atomic E-state index is 10.9. The van der Waals surface area contributed by atoms with Crippen molar-refractivity contribution in [1.29, 1.82) is 0 Å². The monoisotopic (exact) mass is 386 g/mol. The Kier molecular flexibility index (Phi) is 8.06. The Morgan fingerprint density at radius 1 is 0.750 bits per heavy atom. The van der Waals surface area contributed by atoms with E-state index in [4.69, 9.17) is 9.68 Å². The summed E-state index contributed by atoms with van der Waals surface area (Å²) in [4.78, 5) is 30.9. The fraction of sp³-hybridized carbons (Fsp3) is 0.222. The lowest BCUT2D eigenvalue weighted by molar-refractivity contribution is -0.385. The molecule has 28 heavy (non-hydrogen) atoms.